The van der Waals surface area contributed by atoms with Gasteiger partial charge >= 0.3 is 0 Å². The number of aliphatic hydroxyl groups is 2. The van der Waals surface area contributed by atoms with Crippen molar-refractivity contribution in [2.45, 2.75) is 38.1 Å². The molecule has 1 aromatic rings. The van der Waals surface area contributed by atoms with Crippen molar-refractivity contribution in [2.75, 3.05) is 35.0 Å². The molecule has 136 valence electrons. The molecular formula is C17H26O7. The number of benzene rings is 1. The van der Waals surface area contributed by atoms with Gasteiger partial charge in [-0.2, -0.15) is 0 Å². The van der Waals surface area contributed by atoms with Crippen molar-refractivity contribution in [3.63, 3.8) is 0 Å². The maximum Gasteiger partial charge on any atom is 0.207 e. The monoisotopic (exact) mass is 342 g/mol. The molecule has 7 nitrogen and oxygen atoms in total. The summed E-state index contributed by atoms with van der Waals surface area (Å²) < 4.78 is 27.3. The minimum absolute atomic E-state index is 0.150. The highest BCUT2D eigenvalue weighted by atomic mass is 16.5. The van der Waals surface area contributed by atoms with Gasteiger partial charge in [0.2, 0.25) is 11.5 Å². The molecule has 0 aromatic heterocycles. The Labute approximate surface area is 142 Å². The van der Waals surface area contributed by atoms with Gasteiger partial charge in [-0.1, -0.05) is 0 Å². The maximum atomic E-state index is 9.94. The number of rotatable bonds is 7. The topological polar surface area (TPSA) is 86.6 Å². The van der Waals surface area contributed by atoms with E-state index in [1.54, 1.807) is 28.4 Å². The van der Waals surface area contributed by atoms with Gasteiger partial charge in [0.1, 0.15) is 12.2 Å². The Morgan fingerprint density at radius 2 is 1.46 bits per heavy atom. The number of methoxy groups -OCH3 is 4. The molecule has 2 N–H and O–H groups in total. The highest BCUT2D eigenvalue weighted by Gasteiger charge is 2.35. The van der Waals surface area contributed by atoms with Gasteiger partial charge in [0, 0.05) is 11.1 Å². The second kappa shape index (κ2) is 7.92. The quantitative estimate of drug-likeness (QED) is 0.767. The zero-order valence-corrected chi connectivity index (χ0v) is 14.8. The molecule has 3 unspecified atom stereocenters. The predicted octanol–water partition coefficient (Wildman–Crippen LogP) is 1.08. The Hall–Kier alpha value is -1.70. The largest absolute Gasteiger partial charge is 0.492 e. The number of ether oxygens (including phenoxy) is 5. The molecular weight excluding hydrogens is 316 g/mol. The lowest BCUT2D eigenvalue weighted by Gasteiger charge is -2.22. The third kappa shape index (κ3) is 3.24. The van der Waals surface area contributed by atoms with Crippen LogP contribution < -0.4 is 18.9 Å². The highest BCUT2D eigenvalue weighted by Crippen LogP contribution is 2.49. The molecule has 0 spiro atoms. The van der Waals surface area contributed by atoms with Crippen LogP contribution in [-0.2, 0) is 11.2 Å². The Morgan fingerprint density at radius 1 is 0.917 bits per heavy atom. The fraction of sp³-hybridized carbons (Fsp3) is 0.647. The minimum atomic E-state index is -0.877. The smallest absolute Gasteiger partial charge is 0.207 e. The molecule has 1 aliphatic rings. The van der Waals surface area contributed by atoms with Crippen LogP contribution in [0.3, 0.4) is 0 Å². The van der Waals surface area contributed by atoms with Gasteiger partial charge < -0.3 is 33.9 Å². The van der Waals surface area contributed by atoms with Gasteiger partial charge in [-0.05, 0) is 19.8 Å². The van der Waals surface area contributed by atoms with E-state index in [9.17, 15) is 10.2 Å². The summed E-state index contributed by atoms with van der Waals surface area (Å²) >= 11 is 0. The molecule has 1 fully saturated rings. The van der Waals surface area contributed by atoms with E-state index < -0.39 is 18.3 Å². The van der Waals surface area contributed by atoms with Crippen LogP contribution in [-0.4, -0.2) is 63.6 Å². The Balaban J connectivity index is 2.37. The first-order valence-corrected chi connectivity index (χ1v) is 7.83. The Morgan fingerprint density at radius 3 is 1.92 bits per heavy atom. The van der Waals surface area contributed by atoms with Crippen molar-refractivity contribution in [1.82, 2.24) is 0 Å². The predicted molar refractivity (Wildman–Crippen MR) is 87.5 cm³/mol. The summed E-state index contributed by atoms with van der Waals surface area (Å²) in [6.07, 6.45) is -1.02. The van der Waals surface area contributed by atoms with Gasteiger partial charge in [-0.15, -0.1) is 0 Å². The first kappa shape index (κ1) is 18.6. The zero-order chi connectivity index (χ0) is 17.9. The normalized spacial score (nSPS) is 23.2. The van der Waals surface area contributed by atoms with E-state index in [0.29, 0.717) is 35.8 Å². The first-order valence-electron chi connectivity index (χ1n) is 7.83. The van der Waals surface area contributed by atoms with E-state index in [2.05, 4.69) is 0 Å². The average molecular weight is 342 g/mol. The van der Waals surface area contributed by atoms with E-state index in [1.807, 2.05) is 6.92 Å². The molecule has 2 rings (SSSR count). The number of hydrogen-bond donors (Lipinski definition) is 2. The minimum Gasteiger partial charge on any atom is -0.492 e. The molecule has 1 aliphatic heterocycles. The van der Waals surface area contributed by atoms with E-state index in [4.69, 9.17) is 23.7 Å². The Kier molecular flexibility index (Phi) is 6.15. The summed E-state index contributed by atoms with van der Waals surface area (Å²) in [6, 6.07) is 0. The molecule has 0 amide bonds. The van der Waals surface area contributed by atoms with Crippen molar-refractivity contribution >= 4 is 0 Å². The van der Waals surface area contributed by atoms with E-state index in [1.165, 1.54) is 0 Å². The lowest BCUT2D eigenvalue weighted by molar-refractivity contribution is 0.0196. The van der Waals surface area contributed by atoms with Crippen LogP contribution in [0.25, 0.3) is 0 Å². The van der Waals surface area contributed by atoms with Gasteiger partial charge in [0.25, 0.3) is 0 Å². The summed E-state index contributed by atoms with van der Waals surface area (Å²) in [7, 11) is 6.22. The fourth-order valence-corrected chi connectivity index (χ4v) is 3.16. The molecule has 0 aliphatic carbocycles. The lowest BCUT2D eigenvalue weighted by atomic mass is 9.96. The molecule has 1 heterocycles. The van der Waals surface area contributed by atoms with Gasteiger partial charge in [0.15, 0.2) is 11.5 Å². The SMILES string of the molecule is COc1c(C)c(CCC2OCC(O)C2O)c(OC)c(OC)c1OC. The van der Waals surface area contributed by atoms with Crippen LogP contribution >= 0.6 is 0 Å². The summed E-state index contributed by atoms with van der Waals surface area (Å²) in [6.45, 7) is 2.07. The molecule has 1 aromatic carbocycles. The third-order valence-electron chi connectivity index (χ3n) is 4.44. The molecule has 0 bridgehead atoms. The van der Waals surface area contributed by atoms with Crippen LogP contribution in [0.1, 0.15) is 17.5 Å². The van der Waals surface area contributed by atoms with E-state index in [0.717, 1.165) is 11.1 Å². The summed E-state index contributed by atoms with van der Waals surface area (Å²) in [5.41, 5.74) is 1.77. The van der Waals surface area contributed by atoms with Crippen molar-refractivity contribution < 1.29 is 33.9 Å². The average Bonchev–Trinajstić information content (AvgIpc) is 2.91. The highest BCUT2D eigenvalue weighted by molar-refractivity contribution is 5.66. The summed E-state index contributed by atoms with van der Waals surface area (Å²) in [4.78, 5) is 0. The third-order valence-corrected chi connectivity index (χ3v) is 4.44. The molecule has 24 heavy (non-hydrogen) atoms. The first-order chi connectivity index (χ1) is 11.5. The number of aliphatic hydroxyl groups excluding tert-OH is 2. The molecule has 0 saturated carbocycles. The molecule has 0 radical (unpaired) electrons. The van der Waals surface area contributed by atoms with Gasteiger partial charge in [-0.3, -0.25) is 0 Å². The maximum absolute atomic E-state index is 9.94. The second-order valence-corrected chi connectivity index (χ2v) is 5.70. The molecule has 1 saturated heterocycles. The van der Waals surface area contributed by atoms with Crippen LogP contribution in [0.2, 0.25) is 0 Å². The fourth-order valence-electron chi connectivity index (χ4n) is 3.16. The van der Waals surface area contributed by atoms with Gasteiger partial charge in [0.05, 0.1) is 41.2 Å². The number of hydrogen-bond acceptors (Lipinski definition) is 7. The Bertz CT molecular complexity index is 573. The van der Waals surface area contributed by atoms with Gasteiger partial charge in [-0.25, -0.2) is 0 Å². The lowest BCUT2D eigenvalue weighted by Crippen LogP contribution is -2.30. The van der Waals surface area contributed by atoms with Crippen molar-refractivity contribution in [3.05, 3.63) is 11.1 Å². The molecule has 7 heteroatoms. The standard InChI is InChI=1S/C17H26O7/c1-9-10(6-7-12-13(19)11(18)8-24-12)15(21-3)17(23-5)16(22-4)14(9)20-2/h11-13,18-19H,6-8H2,1-5H3. The van der Waals surface area contributed by atoms with Crippen LogP contribution in [0.4, 0.5) is 0 Å². The van der Waals surface area contributed by atoms with E-state index >= 15 is 0 Å². The van der Waals surface area contributed by atoms with Crippen LogP contribution in [0.15, 0.2) is 0 Å². The summed E-state index contributed by atoms with van der Waals surface area (Å²) in [5.74, 6) is 2.09. The van der Waals surface area contributed by atoms with Crippen molar-refractivity contribution in [1.29, 1.82) is 0 Å². The van der Waals surface area contributed by atoms with Crippen molar-refractivity contribution in [3.8, 4) is 23.0 Å². The van der Waals surface area contributed by atoms with E-state index in [-0.39, 0.29) is 6.61 Å². The summed E-state index contributed by atoms with van der Waals surface area (Å²) in [5, 5.41) is 19.5. The zero-order valence-electron chi connectivity index (χ0n) is 14.8. The molecule has 3 atom stereocenters. The van der Waals surface area contributed by atoms with Crippen molar-refractivity contribution in [2.24, 2.45) is 0 Å². The van der Waals surface area contributed by atoms with Crippen LogP contribution in [0.5, 0.6) is 23.0 Å². The van der Waals surface area contributed by atoms with Crippen LogP contribution in [0, 0.1) is 6.92 Å². The second-order valence-electron chi connectivity index (χ2n) is 5.70.